The second-order valence-electron chi connectivity index (χ2n) is 4.30. The lowest BCUT2D eigenvalue weighted by atomic mass is 10.2. The van der Waals surface area contributed by atoms with Crippen LogP contribution in [0.3, 0.4) is 0 Å². The largest absolute Gasteiger partial charge is 0.477 e. The van der Waals surface area contributed by atoms with Crippen molar-refractivity contribution in [3.8, 4) is 0 Å². The Hall–Kier alpha value is -2.60. The number of urea groups is 1. The van der Waals surface area contributed by atoms with Gasteiger partial charge in [0.15, 0.2) is 0 Å². The number of aromatic carboxylic acids is 1. The average molecular weight is 306 g/mol. The Morgan fingerprint density at radius 3 is 2.57 bits per heavy atom. The molecule has 0 unspecified atom stereocenters. The van der Waals surface area contributed by atoms with E-state index in [0.717, 1.165) is 5.56 Å². The molecule has 6 nitrogen and oxygen atoms in total. The summed E-state index contributed by atoms with van der Waals surface area (Å²) in [6, 6.07) is 7.53. The van der Waals surface area contributed by atoms with Crippen LogP contribution < -0.4 is 10.6 Å². The second kappa shape index (κ2) is 6.23. The molecule has 2 amide bonds. The van der Waals surface area contributed by atoms with E-state index in [1.165, 1.54) is 18.3 Å². The first-order valence-corrected chi connectivity index (χ1v) is 6.37. The Bertz CT molecular complexity index is 686. The quantitative estimate of drug-likeness (QED) is 0.810. The van der Waals surface area contributed by atoms with Gasteiger partial charge in [-0.2, -0.15) is 0 Å². The summed E-state index contributed by atoms with van der Waals surface area (Å²) in [6.07, 6.45) is 1.26. The van der Waals surface area contributed by atoms with Crippen LogP contribution in [0.2, 0.25) is 5.02 Å². The van der Waals surface area contributed by atoms with Gasteiger partial charge in [0.1, 0.15) is 5.69 Å². The zero-order valence-corrected chi connectivity index (χ0v) is 11.8. The molecule has 0 aliphatic rings. The summed E-state index contributed by atoms with van der Waals surface area (Å²) in [5.41, 5.74) is 1.73. The van der Waals surface area contributed by atoms with Gasteiger partial charge in [-0.3, -0.25) is 0 Å². The smallest absolute Gasteiger partial charge is 0.354 e. The van der Waals surface area contributed by atoms with Gasteiger partial charge in [-0.05, 0) is 36.8 Å². The maximum atomic E-state index is 11.8. The van der Waals surface area contributed by atoms with Crippen LogP contribution in [-0.4, -0.2) is 22.1 Å². The minimum atomic E-state index is -1.13. The molecule has 3 N–H and O–H groups in total. The number of amides is 2. The maximum Gasteiger partial charge on any atom is 0.354 e. The van der Waals surface area contributed by atoms with Gasteiger partial charge >= 0.3 is 12.0 Å². The van der Waals surface area contributed by atoms with Crippen molar-refractivity contribution in [1.82, 2.24) is 4.98 Å². The van der Waals surface area contributed by atoms with Crippen LogP contribution >= 0.6 is 11.6 Å². The van der Waals surface area contributed by atoms with Crippen molar-refractivity contribution in [3.05, 3.63) is 52.8 Å². The number of carbonyl (C=O) groups is 2. The number of halogens is 1. The number of pyridine rings is 1. The lowest BCUT2D eigenvalue weighted by Gasteiger charge is -2.09. The number of carbonyl (C=O) groups excluding carboxylic acids is 1. The van der Waals surface area contributed by atoms with Crippen LogP contribution in [0.25, 0.3) is 0 Å². The first kappa shape index (κ1) is 14.8. The Kier molecular flexibility index (Phi) is 4.39. The summed E-state index contributed by atoms with van der Waals surface area (Å²) in [6.45, 7) is 1.88. The van der Waals surface area contributed by atoms with E-state index in [9.17, 15) is 9.59 Å². The lowest BCUT2D eigenvalue weighted by molar-refractivity contribution is 0.0690. The monoisotopic (exact) mass is 305 g/mol. The number of nitrogens with zero attached hydrogens (tertiary/aromatic N) is 1. The molecular weight excluding hydrogens is 294 g/mol. The van der Waals surface area contributed by atoms with Crippen LogP contribution in [0.1, 0.15) is 16.1 Å². The highest BCUT2D eigenvalue weighted by Gasteiger charge is 2.08. The fourth-order valence-corrected chi connectivity index (χ4v) is 1.78. The van der Waals surface area contributed by atoms with E-state index in [1.807, 2.05) is 13.0 Å². The average Bonchev–Trinajstić information content (AvgIpc) is 2.43. The number of aryl methyl sites for hydroxylation is 1. The Labute approximate surface area is 125 Å². The summed E-state index contributed by atoms with van der Waals surface area (Å²) >= 11 is 5.98. The van der Waals surface area contributed by atoms with Crippen LogP contribution in [0.4, 0.5) is 16.2 Å². The molecule has 2 aromatic rings. The van der Waals surface area contributed by atoms with Crippen LogP contribution in [0.5, 0.6) is 0 Å². The van der Waals surface area contributed by atoms with E-state index in [2.05, 4.69) is 15.6 Å². The summed E-state index contributed by atoms with van der Waals surface area (Å²) in [4.78, 5) is 26.2. The number of aromatic nitrogens is 1. The number of benzene rings is 1. The van der Waals surface area contributed by atoms with Gasteiger partial charge in [0.25, 0.3) is 0 Å². The van der Waals surface area contributed by atoms with Gasteiger partial charge in [0.2, 0.25) is 0 Å². The van der Waals surface area contributed by atoms with Crippen molar-refractivity contribution < 1.29 is 14.7 Å². The summed E-state index contributed by atoms with van der Waals surface area (Å²) < 4.78 is 0. The molecule has 0 spiro atoms. The number of carboxylic acid groups (broad SMARTS) is 1. The molecule has 1 heterocycles. The van der Waals surface area contributed by atoms with E-state index >= 15 is 0 Å². The highest BCUT2D eigenvalue weighted by Crippen LogP contribution is 2.22. The molecule has 1 aromatic carbocycles. The van der Waals surface area contributed by atoms with Gasteiger partial charge < -0.3 is 15.7 Å². The van der Waals surface area contributed by atoms with Crippen molar-refractivity contribution in [3.63, 3.8) is 0 Å². The summed E-state index contributed by atoms with van der Waals surface area (Å²) in [7, 11) is 0. The van der Waals surface area contributed by atoms with Gasteiger partial charge in [0.05, 0.1) is 22.6 Å². The van der Waals surface area contributed by atoms with E-state index in [0.29, 0.717) is 16.4 Å². The van der Waals surface area contributed by atoms with Crippen LogP contribution in [0.15, 0.2) is 36.5 Å². The van der Waals surface area contributed by atoms with Crippen molar-refractivity contribution in [1.29, 1.82) is 0 Å². The maximum absolute atomic E-state index is 11.8. The van der Waals surface area contributed by atoms with Crippen molar-refractivity contribution in [2.75, 3.05) is 10.6 Å². The zero-order chi connectivity index (χ0) is 15.4. The minimum Gasteiger partial charge on any atom is -0.477 e. The van der Waals surface area contributed by atoms with E-state index < -0.39 is 12.0 Å². The molecule has 21 heavy (non-hydrogen) atoms. The second-order valence-corrected chi connectivity index (χ2v) is 4.71. The summed E-state index contributed by atoms with van der Waals surface area (Å²) in [5, 5.41) is 14.3. The number of rotatable bonds is 3. The predicted octanol–water partition coefficient (Wildman–Crippen LogP) is 3.39. The van der Waals surface area contributed by atoms with Crippen LogP contribution in [-0.2, 0) is 0 Å². The third-order valence-corrected chi connectivity index (χ3v) is 2.94. The van der Waals surface area contributed by atoms with Gasteiger partial charge in [-0.1, -0.05) is 17.7 Å². The molecule has 108 valence electrons. The molecular formula is C14H12ClN3O3. The number of carboxylic acids is 1. The molecule has 0 saturated heterocycles. The molecule has 7 heteroatoms. The first-order valence-electron chi connectivity index (χ1n) is 5.99. The molecule has 0 atom stereocenters. The van der Waals surface area contributed by atoms with Crippen molar-refractivity contribution in [2.24, 2.45) is 0 Å². The number of hydrogen-bond donors (Lipinski definition) is 3. The third-order valence-electron chi connectivity index (χ3n) is 2.61. The Balaban J connectivity index is 2.04. The van der Waals surface area contributed by atoms with Crippen molar-refractivity contribution in [2.45, 2.75) is 6.92 Å². The van der Waals surface area contributed by atoms with Crippen LogP contribution in [0, 0.1) is 6.92 Å². The van der Waals surface area contributed by atoms with E-state index in [1.54, 1.807) is 12.1 Å². The molecule has 0 radical (unpaired) electrons. The van der Waals surface area contributed by atoms with E-state index in [-0.39, 0.29) is 5.69 Å². The van der Waals surface area contributed by atoms with Gasteiger partial charge in [-0.25, -0.2) is 14.6 Å². The molecule has 0 fully saturated rings. The molecule has 0 aliphatic carbocycles. The predicted molar refractivity (Wildman–Crippen MR) is 80.0 cm³/mol. The first-order chi connectivity index (χ1) is 9.95. The molecule has 0 saturated carbocycles. The Morgan fingerprint density at radius 1 is 1.19 bits per heavy atom. The number of anilines is 2. The van der Waals surface area contributed by atoms with Crippen molar-refractivity contribution >= 4 is 35.0 Å². The normalized spacial score (nSPS) is 10.0. The van der Waals surface area contributed by atoms with E-state index in [4.69, 9.17) is 16.7 Å². The fraction of sp³-hybridized carbons (Fsp3) is 0.0714. The Morgan fingerprint density at radius 2 is 1.95 bits per heavy atom. The fourth-order valence-electron chi connectivity index (χ4n) is 1.61. The summed E-state index contributed by atoms with van der Waals surface area (Å²) in [5.74, 6) is -1.13. The SMILES string of the molecule is Cc1ccc(Cl)c(NC(=O)Nc2ccc(C(=O)O)nc2)c1. The topological polar surface area (TPSA) is 91.3 Å². The standard InChI is InChI=1S/C14H12ClN3O3/c1-8-2-4-10(15)12(6-8)18-14(21)17-9-3-5-11(13(19)20)16-7-9/h2-7H,1H3,(H,19,20)(H2,17,18,21). The number of nitrogens with one attached hydrogen (secondary N) is 2. The zero-order valence-electron chi connectivity index (χ0n) is 11.1. The minimum absolute atomic E-state index is 0.0947. The molecule has 0 bridgehead atoms. The lowest BCUT2D eigenvalue weighted by Crippen LogP contribution is -2.20. The molecule has 1 aromatic heterocycles. The van der Waals surface area contributed by atoms with Gasteiger partial charge in [-0.15, -0.1) is 0 Å². The highest BCUT2D eigenvalue weighted by atomic mass is 35.5. The molecule has 0 aliphatic heterocycles. The number of hydrogen-bond acceptors (Lipinski definition) is 3. The molecule has 2 rings (SSSR count). The van der Waals surface area contributed by atoms with Gasteiger partial charge in [0, 0.05) is 0 Å². The third kappa shape index (κ3) is 3.93. The highest BCUT2D eigenvalue weighted by molar-refractivity contribution is 6.33.